The van der Waals surface area contributed by atoms with Gasteiger partial charge in [-0.1, -0.05) is 13.0 Å². The van der Waals surface area contributed by atoms with Crippen LogP contribution in [0.5, 0.6) is 5.75 Å². The first kappa shape index (κ1) is 13.0. The van der Waals surface area contributed by atoms with Crippen LogP contribution in [0.4, 0.5) is 5.69 Å². The second-order valence-corrected chi connectivity index (χ2v) is 3.58. The molecular weight excluding hydrogens is 226 g/mol. The summed E-state index contributed by atoms with van der Waals surface area (Å²) in [5, 5.41) is 19.6. The van der Waals surface area contributed by atoms with Crippen LogP contribution in [0.3, 0.4) is 0 Å². The maximum Gasteiger partial charge on any atom is 0.344 e. The summed E-state index contributed by atoms with van der Waals surface area (Å²) in [6, 6.07) is 4.34. The van der Waals surface area contributed by atoms with Crippen LogP contribution >= 0.6 is 0 Å². The number of aryl methyl sites for hydroxylation is 1. The maximum absolute atomic E-state index is 10.8. The minimum atomic E-state index is -1.14. The van der Waals surface area contributed by atoms with Crippen molar-refractivity contribution in [3.8, 4) is 5.75 Å². The van der Waals surface area contributed by atoms with E-state index in [4.69, 9.17) is 9.84 Å². The van der Waals surface area contributed by atoms with Gasteiger partial charge in [-0.05, 0) is 25.0 Å². The minimum Gasteiger partial charge on any atom is -0.479 e. The molecule has 0 saturated heterocycles. The zero-order valence-electron chi connectivity index (χ0n) is 9.54. The molecule has 0 spiro atoms. The third kappa shape index (κ3) is 3.17. The summed E-state index contributed by atoms with van der Waals surface area (Å²) < 4.78 is 5.16. The molecule has 0 radical (unpaired) electrons. The second-order valence-electron chi connectivity index (χ2n) is 3.58. The van der Waals surface area contributed by atoms with Crippen molar-refractivity contribution in [1.29, 1.82) is 0 Å². The van der Waals surface area contributed by atoms with Crippen LogP contribution in [0.25, 0.3) is 0 Å². The molecule has 1 atom stereocenters. The van der Waals surface area contributed by atoms with Crippen molar-refractivity contribution in [2.45, 2.75) is 26.4 Å². The third-order valence-electron chi connectivity index (χ3n) is 2.23. The van der Waals surface area contributed by atoms with Crippen molar-refractivity contribution in [3.05, 3.63) is 33.9 Å². The number of hydrogen-bond acceptors (Lipinski definition) is 4. The van der Waals surface area contributed by atoms with Gasteiger partial charge in [-0.15, -0.1) is 0 Å². The Morgan fingerprint density at radius 3 is 2.71 bits per heavy atom. The van der Waals surface area contributed by atoms with Gasteiger partial charge in [0.25, 0.3) is 0 Å². The van der Waals surface area contributed by atoms with Crippen molar-refractivity contribution < 1.29 is 19.6 Å². The van der Waals surface area contributed by atoms with Gasteiger partial charge in [0, 0.05) is 6.07 Å². The Morgan fingerprint density at radius 2 is 2.24 bits per heavy atom. The molecule has 92 valence electrons. The van der Waals surface area contributed by atoms with E-state index in [0.29, 0.717) is 0 Å². The summed E-state index contributed by atoms with van der Waals surface area (Å²) in [6.07, 6.45) is -0.837. The monoisotopic (exact) mass is 239 g/mol. The summed E-state index contributed by atoms with van der Waals surface area (Å²) >= 11 is 0. The van der Waals surface area contributed by atoms with E-state index in [9.17, 15) is 14.9 Å². The lowest BCUT2D eigenvalue weighted by atomic mass is 10.2. The van der Waals surface area contributed by atoms with Crippen LogP contribution in [0.1, 0.15) is 18.9 Å². The average Bonchev–Trinajstić information content (AvgIpc) is 2.25. The number of hydrogen-bond donors (Lipinski definition) is 1. The SMILES string of the molecule is CCC(Oc1cc(C)ccc1[N+](=O)[O-])C(=O)O. The number of aliphatic carboxylic acids is 1. The Morgan fingerprint density at radius 1 is 1.59 bits per heavy atom. The minimum absolute atomic E-state index is 0.00995. The standard InChI is InChI=1S/C11H13NO5/c1-3-9(11(13)14)17-10-6-7(2)4-5-8(10)12(15)16/h4-6,9H,3H2,1-2H3,(H,13,14). The maximum atomic E-state index is 10.8. The molecule has 0 bridgehead atoms. The molecule has 6 heteroatoms. The van der Waals surface area contributed by atoms with Crippen molar-refractivity contribution in [2.24, 2.45) is 0 Å². The molecule has 0 amide bonds. The van der Waals surface area contributed by atoms with Crippen LogP contribution in [-0.4, -0.2) is 22.1 Å². The van der Waals surface area contributed by atoms with Crippen LogP contribution in [-0.2, 0) is 4.79 Å². The number of ether oxygens (including phenoxy) is 1. The van der Waals surface area contributed by atoms with E-state index in [1.54, 1.807) is 19.9 Å². The first-order valence-electron chi connectivity index (χ1n) is 5.10. The van der Waals surface area contributed by atoms with Gasteiger partial charge >= 0.3 is 11.7 Å². The molecule has 1 N–H and O–H groups in total. The third-order valence-corrected chi connectivity index (χ3v) is 2.23. The van der Waals surface area contributed by atoms with Gasteiger partial charge in [-0.3, -0.25) is 10.1 Å². The quantitative estimate of drug-likeness (QED) is 0.628. The lowest BCUT2D eigenvalue weighted by Crippen LogP contribution is -2.26. The zero-order valence-corrected chi connectivity index (χ0v) is 9.54. The first-order chi connectivity index (χ1) is 7.95. The van der Waals surface area contributed by atoms with E-state index in [0.717, 1.165) is 5.56 Å². The number of rotatable bonds is 5. The number of nitrogens with zero attached hydrogens (tertiary/aromatic N) is 1. The van der Waals surface area contributed by atoms with E-state index in [1.807, 2.05) is 0 Å². The normalized spacial score (nSPS) is 11.9. The van der Waals surface area contributed by atoms with Crippen molar-refractivity contribution in [3.63, 3.8) is 0 Å². The number of nitro benzene ring substituents is 1. The highest BCUT2D eigenvalue weighted by molar-refractivity contribution is 5.73. The molecule has 17 heavy (non-hydrogen) atoms. The number of benzene rings is 1. The van der Waals surface area contributed by atoms with Crippen LogP contribution in [0.15, 0.2) is 18.2 Å². The number of carboxylic acid groups (broad SMARTS) is 1. The molecule has 0 aliphatic heterocycles. The Labute approximate surface area is 98.0 Å². The summed E-state index contributed by atoms with van der Waals surface area (Å²) in [5.41, 5.74) is 0.543. The smallest absolute Gasteiger partial charge is 0.344 e. The molecule has 1 aromatic carbocycles. The average molecular weight is 239 g/mol. The van der Waals surface area contributed by atoms with Crippen molar-refractivity contribution >= 4 is 11.7 Å². The molecule has 0 heterocycles. The molecule has 1 unspecified atom stereocenters. The number of nitro groups is 1. The predicted octanol–water partition coefficient (Wildman–Crippen LogP) is 2.15. The molecular formula is C11H13NO5. The molecule has 0 saturated carbocycles. The number of carboxylic acids is 1. The van der Waals surface area contributed by atoms with E-state index in [-0.39, 0.29) is 17.9 Å². The topological polar surface area (TPSA) is 89.7 Å². The van der Waals surface area contributed by atoms with Gasteiger partial charge in [-0.2, -0.15) is 0 Å². The van der Waals surface area contributed by atoms with E-state index in [1.165, 1.54) is 12.1 Å². The van der Waals surface area contributed by atoms with Gasteiger partial charge in [0.2, 0.25) is 0 Å². The van der Waals surface area contributed by atoms with Crippen molar-refractivity contribution in [1.82, 2.24) is 0 Å². The fourth-order valence-electron chi connectivity index (χ4n) is 1.33. The van der Waals surface area contributed by atoms with Crippen molar-refractivity contribution in [2.75, 3.05) is 0 Å². The molecule has 0 aliphatic rings. The summed E-state index contributed by atoms with van der Waals surface area (Å²) in [5.74, 6) is -1.15. The first-order valence-corrected chi connectivity index (χ1v) is 5.10. The van der Waals surface area contributed by atoms with Crippen LogP contribution in [0.2, 0.25) is 0 Å². The zero-order chi connectivity index (χ0) is 13.0. The summed E-state index contributed by atoms with van der Waals surface area (Å²) in [6.45, 7) is 3.39. The van der Waals surface area contributed by atoms with Crippen LogP contribution in [0, 0.1) is 17.0 Å². The van der Waals surface area contributed by atoms with Gasteiger partial charge < -0.3 is 9.84 Å². The Bertz CT molecular complexity index is 443. The van der Waals surface area contributed by atoms with Gasteiger partial charge in [0.15, 0.2) is 11.9 Å². The van der Waals surface area contributed by atoms with E-state index < -0.39 is 17.0 Å². The van der Waals surface area contributed by atoms with E-state index >= 15 is 0 Å². The highest BCUT2D eigenvalue weighted by Crippen LogP contribution is 2.29. The largest absolute Gasteiger partial charge is 0.479 e. The highest BCUT2D eigenvalue weighted by atomic mass is 16.6. The Hall–Kier alpha value is -2.11. The van der Waals surface area contributed by atoms with Crippen LogP contribution < -0.4 is 4.74 Å². The van der Waals surface area contributed by atoms with E-state index in [2.05, 4.69) is 0 Å². The van der Waals surface area contributed by atoms with Gasteiger partial charge in [-0.25, -0.2) is 4.79 Å². The fraction of sp³-hybridized carbons (Fsp3) is 0.364. The molecule has 0 aromatic heterocycles. The molecule has 0 fully saturated rings. The molecule has 6 nitrogen and oxygen atoms in total. The predicted molar refractivity (Wildman–Crippen MR) is 60.2 cm³/mol. The Kier molecular flexibility index (Phi) is 4.03. The summed E-state index contributed by atoms with van der Waals surface area (Å²) in [4.78, 5) is 21.0. The van der Waals surface area contributed by atoms with Gasteiger partial charge in [0.05, 0.1) is 4.92 Å². The number of carbonyl (C=O) groups is 1. The molecule has 1 aromatic rings. The lowest BCUT2D eigenvalue weighted by Gasteiger charge is -2.13. The fourth-order valence-corrected chi connectivity index (χ4v) is 1.33. The molecule has 0 aliphatic carbocycles. The highest BCUT2D eigenvalue weighted by Gasteiger charge is 2.22. The second kappa shape index (κ2) is 5.29. The summed E-state index contributed by atoms with van der Waals surface area (Å²) in [7, 11) is 0. The molecule has 1 rings (SSSR count). The lowest BCUT2D eigenvalue weighted by molar-refractivity contribution is -0.386. The van der Waals surface area contributed by atoms with Gasteiger partial charge in [0.1, 0.15) is 0 Å². The Balaban J connectivity index is 3.07.